The standard InChI is InChI=1S/C23H27BrN2O3/c1-23(2,3)29-22(27)26-14-12-20(13-15-26)28-21-7-5-4-6-17(21)16-25-19-10-8-18(24)9-11-19/h4-11,16,20H,12-15H2,1-3H3/b25-16+. The molecule has 1 aliphatic rings. The molecule has 0 atom stereocenters. The molecule has 1 amide bonds. The lowest BCUT2D eigenvalue weighted by molar-refractivity contribution is 0.0126. The smallest absolute Gasteiger partial charge is 0.410 e. The molecule has 0 radical (unpaired) electrons. The Labute approximate surface area is 180 Å². The van der Waals surface area contributed by atoms with Gasteiger partial charge < -0.3 is 14.4 Å². The Bertz CT molecular complexity index is 851. The maximum absolute atomic E-state index is 12.2. The topological polar surface area (TPSA) is 51.1 Å². The normalized spacial score (nSPS) is 15.5. The number of aliphatic imine (C=N–C) groups is 1. The van der Waals surface area contributed by atoms with Gasteiger partial charge in [0.1, 0.15) is 17.5 Å². The number of amides is 1. The molecule has 0 saturated carbocycles. The lowest BCUT2D eigenvalue weighted by atomic mass is 10.1. The van der Waals surface area contributed by atoms with Gasteiger partial charge in [0.25, 0.3) is 0 Å². The van der Waals surface area contributed by atoms with Crippen LogP contribution in [0.1, 0.15) is 39.2 Å². The molecule has 0 N–H and O–H groups in total. The minimum atomic E-state index is -0.475. The zero-order valence-electron chi connectivity index (χ0n) is 17.1. The first-order chi connectivity index (χ1) is 13.8. The Balaban J connectivity index is 1.59. The number of para-hydroxylation sites is 1. The van der Waals surface area contributed by atoms with Crippen molar-refractivity contribution >= 4 is 33.9 Å². The monoisotopic (exact) mass is 458 g/mol. The molecule has 1 aliphatic heterocycles. The minimum absolute atomic E-state index is 0.0657. The maximum atomic E-state index is 12.2. The van der Waals surface area contributed by atoms with Crippen LogP contribution in [0, 0.1) is 0 Å². The zero-order chi connectivity index (χ0) is 20.9. The van der Waals surface area contributed by atoms with E-state index in [1.807, 2.05) is 75.5 Å². The maximum Gasteiger partial charge on any atom is 0.410 e. The van der Waals surface area contributed by atoms with E-state index in [1.54, 1.807) is 4.90 Å². The molecule has 29 heavy (non-hydrogen) atoms. The number of benzene rings is 2. The van der Waals surface area contributed by atoms with E-state index in [1.165, 1.54) is 0 Å². The van der Waals surface area contributed by atoms with Gasteiger partial charge in [0, 0.05) is 42.2 Å². The van der Waals surface area contributed by atoms with E-state index in [0.717, 1.165) is 34.3 Å². The number of likely N-dealkylation sites (tertiary alicyclic amines) is 1. The molecule has 0 bridgehead atoms. The van der Waals surface area contributed by atoms with Crippen LogP contribution in [0.2, 0.25) is 0 Å². The second kappa shape index (κ2) is 9.44. The van der Waals surface area contributed by atoms with Gasteiger partial charge in [0.2, 0.25) is 0 Å². The summed E-state index contributed by atoms with van der Waals surface area (Å²) in [5.41, 5.74) is 1.34. The van der Waals surface area contributed by atoms with Gasteiger partial charge in [-0.1, -0.05) is 28.1 Å². The molecule has 154 valence electrons. The number of halogens is 1. The molecule has 0 aliphatic carbocycles. The summed E-state index contributed by atoms with van der Waals surface area (Å²) in [4.78, 5) is 18.5. The molecule has 0 spiro atoms. The second-order valence-electron chi connectivity index (χ2n) is 8.06. The molecular formula is C23H27BrN2O3. The summed E-state index contributed by atoms with van der Waals surface area (Å²) in [6.45, 7) is 6.91. The first-order valence-electron chi connectivity index (χ1n) is 9.83. The van der Waals surface area contributed by atoms with Crippen LogP contribution in [0.25, 0.3) is 0 Å². The van der Waals surface area contributed by atoms with Gasteiger partial charge in [0.05, 0.1) is 5.69 Å². The summed E-state index contributed by atoms with van der Waals surface area (Å²) in [5, 5.41) is 0. The highest BCUT2D eigenvalue weighted by Gasteiger charge is 2.27. The van der Waals surface area contributed by atoms with Gasteiger partial charge in [-0.2, -0.15) is 0 Å². The van der Waals surface area contributed by atoms with Crippen LogP contribution in [-0.2, 0) is 4.74 Å². The molecule has 0 unspecified atom stereocenters. The third-order valence-electron chi connectivity index (χ3n) is 4.49. The number of carbonyl (C=O) groups excluding carboxylic acids is 1. The predicted octanol–water partition coefficient (Wildman–Crippen LogP) is 5.98. The van der Waals surface area contributed by atoms with Gasteiger partial charge in [-0.15, -0.1) is 0 Å². The SMILES string of the molecule is CC(C)(C)OC(=O)N1CCC(Oc2ccccc2/C=N/c2ccc(Br)cc2)CC1. The van der Waals surface area contributed by atoms with Crippen molar-refractivity contribution in [2.45, 2.75) is 45.3 Å². The number of ether oxygens (including phenoxy) is 2. The van der Waals surface area contributed by atoms with Crippen molar-refractivity contribution in [1.82, 2.24) is 4.90 Å². The van der Waals surface area contributed by atoms with E-state index < -0.39 is 5.60 Å². The van der Waals surface area contributed by atoms with E-state index in [4.69, 9.17) is 9.47 Å². The van der Waals surface area contributed by atoms with Crippen LogP contribution in [0.3, 0.4) is 0 Å². The van der Waals surface area contributed by atoms with Crippen LogP contribution >= 0.6 is 15.9 Å². The van der Waals surface area contributed by atoms with Crippen molar-refractivity contribution in [3.8, 4) is 5.75 Å². The number of nitrogens with zero attached hydrogens (tertiary/aromatic N) is 2. The lowest BCUT2D eigenvalue weighted by Gasteiger charge is -2.33. The second-order valence-corrected chi connectivity index (χ2v) is 8.97. The third kappa shape index (κ3) is 6.60. The summed E-state index contributed by atoms with van der Waals surface area (Å²) in [5.74, 6) is 0.809. The number of piperidine rings is 1. The first kappa shape index (κ1) is 21.4. The van der Waals surface area contributed by atoms with E-state index in [0.29, 0.717) is 13.1 Å². The molecule has 1 heterocycles. The number of rotatable bonds is 4. The van der Waals surface area contributed by atoms with Gasteiger partial charge in [-0.05, 0) is 57.2 Å². The van der Waals surface area contributed by atoms with Crippen molar-refractivity contribution in [3.63, 3.8) is 0 Å². The summed E-state index contributed by atoms with van der Waals surface area (Å²) in [6, 6.07) is 15.7. The van der Waals surface area contributed by atoms with Gasteiger partial charge in [-0.3, -0.25) is 4.99 Å². The van der Waals surface area contributed by atoms with Crippen molar-refractivity contribution in [2.24, 2.45) is 4.99 Å². The molecule has 2 aromatic carbocycles. The quantitative estimate of drug-likeness (QED) is 0.529. The first-order valence-corrected chi connectivity index (χ1v) is 10.6. The van der Waals surface area contributed by atoms with Gasteiger partial charge in [0.15, 0.2) is 0 Å². The fourth-order valence-corrected chi connectivity index (χ4v) is 3.29. The highest BCUT2D eigenvalue weighted by molar-refractivity contribution is 9.10. The molecule has 0 aromatic heterocycles. The van der Waals surface area contributed by atoms with Crippen LogP contribution in [0.5, 0.6) is 5.75 Å². The number of hydrogen-bond acceptors (Lipinski definition) is 4. The Morgan fingerprint density at radius 1 is 1.10 bits per heavy atom. The molecular weight excluding hydrogens is 432 g/mol. The van der Waals surface area contributed by atoms with E-state index in [9.17, 15) is 4.79 Å². The van der Waals surface area contributed by atoms with E-state index >= 15 is 0 Å². The third-order valence-corrected chi connectivity index (χ3v) is 5.01. The fraction of sp³-hybridized carbons (Fsp3) is 0.391. The largest absolute Gasteiger partial charge is 0.490 e. The average Bonchev–Trinajstić information content (AvgIpc) is 2.68. The van der Waals surface area contributed by atoms with Crippen LogP contribution in [0.4, 0.5) is 10.5 Å². The highest BCUT2D eigenvalue weighted by atomic mass is 79.9. The molecule has 1 saturated heterocycles. The average molecular weight is 459 g/mol. The molecule has 3 rings (SSSR count). The van der Waals surface area contributed by atoms with Gasteiger partial charge in [-0.25, -0.2) is 4.79 Å². The molecule has 2 aromatic rings. The minimum Gasteiger partial charge on any atom is -0.490 e. The van der Waals surface area contributed by atoms with Crippen molar-refractivity contribution in [2.75, 3.05) is 13.1 Å². The van der Waals surface area contributed by atoms with Gasteiger partial charge >= 0.3 is 6.09 Å². The molecule has 5 nitrogen and oxygen atoms in total. The summed E-state index contributed by atoms with van der Waals surface area (Å²) in [7, 11) is 0. The number of carbonyl (C=O) groups is 1. The predicted molar refractivity (Wildman–Crippen MR) is 119 cm³/mol. The Kier molecular flexibility index (Phi) is 6.96. The molecule has 6 heteroatoms. The lowest BCUT2D eigenvalue weighted by Crippen LogP contribution is -2.44. The zero-order valence-corrected chi connectivity index (χ0v) is 18.7. The van der Waals surface area contributed by atoms with Crippen molar-refractivity contribution in [3.05, 3.63) is 58.6 Å². The summed E-state index contributed by atoms with van der Waals surface area (Å²) >= 11 is 3.43. The van der Waals surface area contributed by atoms with Crippen LogP contribution < -0.4 is 4.74 Å². The Hall–Kier alpha value is -2.34. The molecule has 1 fully saturated rings. The highest BCUT2D eigenvalue weighted by Crippen LogP contribution is 2.24. The Morgan fingerprint density at radius 3 is 2.41 bits per heavy atom. The van der Waals surface area contributed by atoms with Crippen molar-refractivity contribution < 1.29 is 14.3 Å². The van der Waals surface area contributed by atoms with Crippen LogP contribution in [-0.4, -0.2) is 42.0 Å². The van der Waals surface area contributed by atoms with Crippen LogP contribution in [0.15, 0.2) is 58.0 Å². The summed E-state index contributed by atoms with van der Waals surface area (Å²) < 4.78 is 12.7. The van der Waals surface area contributed by atoms with E-state index in [-0.39, 0.29) is 12.2 Å². The summed E-state index contributed by atoms with van der Waals surface area (Å²) in [6.07, 6.45) is 3.19. The number of hydrogen-bond donors (Lipinski definition) is 0. The van der Waals surface area contributed by atoms with E-state index in [2.05, 4.69) is 20.9 Å². The van der Waals surface area contributed by atoms with Crippen molar-refractivity contribution in [1.29, 1.82) is 0 Å². The fourth-order valence-electron chi connectivity index (χ4n) is 3.03. The Morgan fingerprint density at radius 2 is 1.76 bits per heavy atom.